The first-order valence-corrected chi connectivity index (χ1v) is 9.25. The van der Waals surface area contributed by atoms with Crippen LogP contribution >= 0.6 is 0 Å². The van der Waals surface area contributed by atoms with Gasteiger partial charge < -0.3 is 10.3 Å². The van der Waals surface area contributed by atoms with Gasteiger partial charge in [-0.05, 0) is 36.3 Å². The Morgan fingerprint density at radius 2 is 1.79 bits per heavy atom. The molecule has 0 saturated heterocycles. The van der Waals surface area contributed by atoms with Crippen molar-refractivity contribution in [3.8, 4) is 18.2 Å². The third-order valence-electron chi connectivity index (χ3n) is 6.06. The van der Waals surface area contributed by atoms with Gasteiger partial charge in [0.1, 0.15) is 5.92 Å². The molecule has 1 saturated carbocycles. The number of nitrogens with one attached hydrogen (secondary N) is 2. The summed E-state index contributed by atoms with van der Waals surface area (Å²) in [6.07, 6.45) is -2.60. The fraction of sp³-hybridized carbons (Fsp3) is 0.429. The van der Waals surface area contributed by atoms with Crippen molar-refractivity contribution in [2.45, 2.75) is 19.0 Å². The van der Waals surface area contributed by atoms with Crippen LogP contribution < -0.4 is 4.90 Å². The van der Waals surface area contributed by atoms with Crippen LogP contribution in [0.4, 0.5) is 13.2 Å². The van der Waals surface area contributed by atoms with E-state index in [-0.39, 0.29) is 11.6 Å². The van der Waals surface area contributed by atoms with Crippen LogP contribution in [-0.2, 0) is 6.18 Å². The molecule has 2 unspecified atom stereocenters. The average Bonchev–Trinajstić information content (AvgIpc) is 2.72. The van der Waals surface area contributed by atoms with Gasteiger partial charge in [-0.1, -0.05) is 12.1 Å². The molecular formula is C21H19F3N5+. The monoisotopic (exact) mass is 398 g/mol. The second-order valence-corrected chi connectivity index (χ2v) is 7.43. The minimum atomic E-state index is -4.50. The zero-order valence-corrected chi connectivity index (χ0v) is 15.7. The van der Waals surface area contributed by atoms with E-state index in [1.165, 1.54) is 17.0 Å². The van der Waals surface area contributed by atoms with Gasteiger partial charge in [-0.15, -0.1) is 0 Å². The van der Waals surface area contributed by atoms with Crippen LogP contribution in [0.2, 0.25) is 0 Å². The van der Waals surface area contributed by atoms with Crippen LogP contribution in [0.5, 0.6) is 0 Å². The lowest BCUT2D eigenvalue weighted by Crippen LogP contribution is -3.13. The Morgan fingerprint density at radius 3 is 2.28 bits per heavy atom. The van der Waals surface area contributed by atoms with Gasteiger partial charge in [-0.2, -0.15) is 29.0 Å². The maximum Gasteiger partial charge on any atom is 0.416 e. The van der Waals surface area contributed by atoms with Gasteiger partial charge in [0.2, 0.25) is 0 Å². The Kier molecular flexibility index (Phi) is 5.22. The van der Waals surface area contributed by atoms with Gasteiger partial charge in [-0.3, -0.25) is 0 Å². The number of hydrogen-bond donors (Lipinski definition) is 2. The Bertz CT molecular complexity index is 958. The molecule has 1 heterocycles. The summed E-state index contributed by atoms with van der Waals surface area (Å²) in [5.74, 6) is -2.16. The minimum absolute atomic E-state index is 0.294. The molecule has 1 aliphatic carbocycles. The third-order valence-corrected chi connectivity index (χ3v) is 6.06. The van der Waals surface area contributed by atoms with Crippen LogP contribution in [0.1, 0.15) is 24.0 Å². The molecule has 0 radical (unpaired) electrons. The summed E-state index contributed by atoms with van der Waals surface area (Å²) < 4.78 is 39.0. The van der Waals surface area contributed by atoms with E-state index in [1.807, 2.05) is 25.1 Å². The second kappa shape index (κ2) is 7.35. The SMILES string of the molecule is CC[NH+]1CC=C2C(C#N)C(=N)C(C#N)(C#N)[C@H](c3ccc(C(F)(F)F)cc3)[C@@H]2C1. The first-order chi connectivity index (χ1) is 13.7. The largest absolute Gasteiger partial charge is 0.416 e. The van der Waals surface area contributed by atoms with Gasteiger partial charge in [0.05, 0.1) is 49.1 Å². The maximum atomic E-state index is 13.0. The van der Waals surface area contributed by atoms with Gasteiger partial charge in [-0.25, -0.2) is 0 Å². The third kappa shape index (κ3) is 3.18. The molecule has 5 nitrogen and oxygen atoms in total. The van der Waals surface area contributed by atoms with Crippen molar-refractivity contribution in [2.75, 3.05) is 19.6 Å². The smallest absolute Gasteiger partial charge is 0.331 e. The lowest BCUT2D eigenvalue weighted by molar-refractivity contribution is -0.897. The highest BCUT2D eigenvalue weighted by Gasteiger charge is 2.58. The zero-order chi connectivity index (χ0) is 21.4. The van der Waals surface area contributed by atoms with E-state index in [9.17, 15) is 29.0 Å². The Hall–Kier alpha value is -3.15. The van der Waals surface area contributed by atoms with Crippen molar-refractivity contribution >= 4 is 5.71 Å². The average molecular weight is 398 g/mol. The normalized spacial score (nSPS) is 28.3. The van der Waals surface area contributed by atoms with Gasteiger partial charge in [0.15, 0.2) is 5.41 Å². The molecule has 1 aromatic carbocycles. The molecule has 0 amide bonds. The van der Waals surface area contributed by atoms with E-state index >= 15 is 0 Å². The number of rotatable bonds is 2. The first kappa shape index (κ1) is 20.6. The van der Waals surface area contributed by atoms with Crippen LogP contribution in [0.3, 0.4) is 0 Å². The van der Waals surface area contributed by atoms with Crippen LogP contribution in [0.25, 0.3) is 0 Å². The number of nitrogens with zero attached hydrogens (tertiary/aromatic N) is 3. The number of alkyl halides is 3. The summed E-state index contributed by atoms with van der Waals surface area (Å²) in [4.78, 5) is 1.19. The lowest BCUT2D eigenvalue weighted by Gasteiger charge is -2.46. The predicted molar refractivity (Wildman–Crippen MR) is 97.5 cm³/mol. The first-order valence-electron chi connectivity index (χ1n) is 9.25. The topological polar surface area (TPSA) is 99.7 Å². The molecule has 1 aromatic rings. The number of quaternary nitrogens is 1. The van der Waals surface area contributed by atoms with Crippen molar-refractivity contribution in [3.63, 3.8) is 0 Å². The molecule has 148 valence electrons. The Balaban J connectivity index is 2.20. The fourth-order valence-corrected chi connectivity index (χ4v) is 4.51. The fourth-order valence-electron chi connectivity index (χ4n) is 4.51. The van der Waals surface area contributed by atoms with Crippen molar-refractivity contribution in [1.29, 1.82) is 21.2 Å². The molecule has 3 rings (SSSR count). The van der Waals surface area contributed by atoms with E-state index in [1.54, 1.807) is 0 Å². The van der Waals surface area contributed by atoms with Crippen molar-refractivity contribution in [1.82, 2.24) is 0 Å². The zero-order valence-electron chi connectivity index (χ0n) is 15.7. The second-order valence-electron chi connectivity index (χ2n) is 7.43. The van der Waals surface area contributed by atoms with Gasteiger partial charge in [0.25, 0.3) is 0 Å². The summed E-state index contributed by atoms with van der Waals surface area (Å²) in [6.45, 7) is 4.00. The number of hydrogen-bond acceptors (Lipinski definition) is 4. The molecule has 0 bridgehead atoms. The highest BCUT2D eigenvalue weighted by molar-refractivity contribution is 6.00. The number of halogens is 3. The Morgan fingerprint density at radius 1 is 1.17 bits per heavy atom. The molecule has 1 aliphatic heterocycles. The minimum Gasteiger partial charge on any atom is -0.331 e. The van der Waals surface area contributed by atoms with Gasteiger partial charge in [0, 0.05) is 11.8 Å². The van der Waals surface area contributed by atoms with Crippen molar-refractivity contribution in [3.05, 3.63) is 47.0 Å². The summed E-state index contributed by atoms with van der Waals surface area (Å²) >= 11 is 0. The lowest BCUT2D eigenvalue weighted by atomic mass is 9.54. The highest BCUT2D eigenvalue weighted by Crippen LogP contribution is 2.52. The standard InChI is InChI=1S/C21H18F3N5/c1-2-29-8-7-15-16(9-25)19(28)20(11-26,12-27)18(17(15)10-29)13-3-5-14(6-4-13)21(22,23)24/h3-7,16-18,28H,2,8,10H2,1H3/p+1/t16?,17-,18-/m1/s1. The maximum absolute atomic E-state index is 13.0. The number of nitriles is 3. The molecule has 2 N–H and O–H groups in total. The summed E-state index contributed by atoms with van der Waals surface area (Å²) in [5, 5.41) is 38.0. The van der Waals surface area contributed by atoms with Crippen LogP contribution in [0.15, 0.2) is 35.9 Å². The summed E-state index contributed by atoms with van der Waals surface area (Å²) in [5.41, 5.74) is -1.92. The summed E-state index contributed by atoms with van der Waals surface area (Å²) in [6, 6.07) is 10.4. The predicted octanol–water partition coefficient (Wildman–Crippen LogP) is 2.46. The Labute approximate surface area is 166 Å². The number of benzene rings is 1. The molecule has 0 aromatic heterocycles. The molecule has 29 heavy (non-hydrogen) atoms. The van der Waals surface area contributed by atoms with E-state index in [0.717, 1.165) is 18.7 Å². The summed E-state index contributed by atoms with van der Waals surface area (Å²) in [7, 11) is 0. The van der Waals surface area contributed by atoms with E-state index < -0.39 is 29.0 Å². The number of fused-ring (bicyclic) bond motifs is 1. The van der Waals surface area contributed by atoms with E-state index in [4.69, 9.17) is 5.41 Å². The number of likely N-dealkylation sites (N-methyl/N-ethyl adjacent to an activating group) is 1. The van der Waals surface area contributed by atoms with Crippen LogP contribution in [-0.4, -0.2) is 25.3 Å². The van der Waals surface area contributed by atoms with Crippen molar-refractivity contribution < 1.29 is 18.1 Å². The van der Waals surface area contributed by atoms with Crippen LogP contribution in [0, 0.1) is 56.7 Å². The van der Waals surface area contributed by atoms with E-state index in [0.29, 0.717) is 24.2 Å². The molecule has 1 fully saturated rings. The molecular weight excluding hydrogens is 379 g/mol. The molecule has 0 spiro atoms. The molecule has 8 heteroatoms. The molecule has 4 atom stereocenters. The quantitative estimate of drug-likeness (QED) is 0.749. The van der Waals surface area contributed by atoms with E-state index in [2.05, 4.69) is 6.07 Å². The van der Waals surface area contributed by atoms with Crippen molar-refractivity contribution in [2.24, 2.45) is 17.3 Å². The highest BCUT2D eigenvalue weighted by atomic mass is 19.4. The van der Waals surface area contributed by atoms with Gasteiger partial charge >= 0.3 is 6.18 Å². The molecule has 2 aliphatic rings.